The van der Waals surface area contributed by atoms with Crippen molar-refractivity contribution < 1.29 is 14.4 Å². The predicted molar refractivity (Wildman–Crippen MR) is 145 cm³/mol. The molecule has 3 fully saturated rings. The van der Waals surface area contributed by atoms with Gasteiger partial charge in [0.2, 0.25) is 5.91 Å². The van der Waals surface area contributed by atoms with E-state index in [0.29, 0.717) is 48.0 Å². The highest BCUT2D eigenvalue weighted by Gasteiger charge is 2.31. The molecule has 0 spiro atoms. The van der Waals surface area contributed by atoms with Crippen molar-refractivity contribution in [2.45, 2.75) is 25.7 Å². The number of carbonyl (C=O) groups is 3. The summed E-state index contributed by atoms with van der Waals surface area (Å²) in [5.41, 5.74) is 2.43. The quantitative estimate of drug-likeness (QED) is 0.627. The van der Waals surface area contributed by atoms with E-state index in [0.717, 1.165) is 57.5 Å². The number of nitrogens with one attached hydrogen (secondary N) is 2. The van der Waals surface area contributed by atoms with Crippen LogP contribution in [0.1, 0.15) is 46.4 Å². The van der Waals surface area contributed by atoms with Crippen molar-refractivity contribution in [3.8, 4) is 0 Å². The Morgan fingerprint density at radius 3 is 2.38 bits per heavy atom. The van der Waals surface area contributed by atoms with Crippen molar-refractivity contribution in [2.75, 3.05) is 62.6 Å². The Kier molecular flexibility index (Phi) is 7.96. The second-order valence-corrected chi connectivity index (χ2v) is 10.5. The van der Waals surface area contributed by atoms with Gasteiger partial charge in [0.25, 0.3) is 11.8 Å². The number of halogens is 1. The zero-order valence-corrected chi connectivity index (χ0v) is 21.8. The van der Waals surface area contributed by atoms with Gasteiger partial charge in [-0.05, 0) is 55.7 Å². The third-order valence-corrected chi connectivity index (χ3v) is 7.82. The van der Waals surface area contributed by atoms with E-state index in [1.807, 2.05) is 21.9 Å². The molecule has 9 heteroatoms. The number of piperazine rings is 1. The minimum absolute atomic E-state index is 0.0422. The average Bonchev–Trinajstić information content (AvgIpc) is 3.14. The second kappa shape index (κ2) is 11.5. The van der Waals surface area contributed by atoms with Crippen LogP contribution >= 0.6 is 11.6 Å². The van der Waals surface area contributed by atoms with Crippen molar-refractivity contribution in [3.05, 3.63) is 58.6 Å². The second-order valence-electron chi connectivity index (χ2n) is 10.0. The predicted octanol–water partition coefficient (Wildman–Crippen LogP) is 3.48. The van der Waals surface area contributed by atoms with Gasteiger partial charge in [0.15, 0.2) is 0 Å². The Balaban J connectivity index is 1.39. The number of anilines is 2. The Morgan fingerprint density at radius 1 is 0.838 bits per heavy atom. The highest BCUT2D eigenvalue weighted by Crippen LogP contribution is 2.31. The molecule has 2 N–H and O–H groups in total. The first-order valence-corrected chi connectivity index (χ1v) is 13.6. The molecule has 0 bridgehead atoms. The Morgan fingerprint density at radius 2 is 1.65 bits per heavy atom. The van der Waals surface area contributed by atoms with Crippen LogP contribution in [0.15, 0.2) is 42.5 Å². The fourth-order valence-electron chi connectivity index (χ4n) is 5.21. The number of nitrogens with zero attached hydrogens (tertiary/aromatic N) is 3. The van der Waals surface area contributed by atoms with Gasteiger partial charge in [-0.25, -0.2) is 0 Å². The van der Waals surface area contributed by atoms with Crippen LogP contribution in [-0.4, -0.2) is 79.9 Å². The minimum Gasteiger partial charge on any atom is -0.368 e. The van der Waals surface area contributed by atoms with Crippen LogP contribution < -0.4 is 15.5 Å². The summed E-state index contributed by atoms with van der Waals surface area (Å²) in [5.74, 6) is 0.139. The molecular weight excluding hydrogens is 490 g/mol. The lowest BCUT2D eigenvalue weighted by Gasteiger charge is -2.31. The lowest BCUT2D eigenvalue weighted by molar-refractivity contribution is -0.137. The summed E-state index contributed by atoms with van der Waals surface area (Å²) < 4.78 is 0. The summed E-state index contributed by atoms with van der Waals surface area (Å²) in [6.07, 6.45) is 4.00. The van der Waals surface area contributed by atoms with Gasteiger partial charge in [0.05, 0.1) is 11.4 Å². The summed E-state index contributed by atoms with van der Waals surface area (Å²) >= 11 is 6.12. The summed E-state index contributed by atoms with van der Waals surface area (Å²) in [6.45, 7) is 5.68. The first-order valence-electron chi connectivity index (χ1n) is 13.2. The lowest BCUT2D eigenvalue weighted by atomic mass is 9.84. The van der Waals surface area contributed by atoms with Gasteiger partial charge in [-0.15, -0.1) is 0 Å². The number of hydrogen-bond donors (Lipinski definition) is 2. The molecule has 0 aromatic heterocycles. The summed E-state index contributed by atoms with van der Waals surface area (Å²) in [7, 11) is 0. The largest absolute Gasteiger partial charge is 0.368 e. The monoisotopic (exact) mass is 523 g/mol. The molecule has 2 aliphatic heterocycles. The van der Waals surface area contributed by atoms with Crippen molar-refractivity contribution >= 4 is 40.7 Å². The molecule has 196 valence electrons. The molecule has 1 aliphatic carbocycles. The smallest absolute Gasteiger partial charge is 0.255 e. The van der Waals surface area contributed by atoms with Gasteiger partial charge < -0.3 is 25.3 Å². The van der Waals surface area contributed by atoms with Crippen LogP contribution in [0.5, 0.6) is 0 Å². The van der Waals surface area contributed by atoms with Crippen LogP contribution in [0.4, 0.5) is 11.4 Å². The van der Waals surface area contributed by atoms with E-state index in [-0.39, 0.29) is 23.6 Å². The van der Waals surface area contributed by atoms with E-state index in [4.69, 9.17) is 11.6 Å². The number of rotatable bonds is 5. The molecule has 0 atom stereocenters. The van der Waals surface area contributed by atoms with Gasteiger partial charge >= 0.3 is 0 Å². The summed E-state index contributed by atoms with van der Waals surface area (Å²) in [4.78, 5) is 45.3. The third-order valence-electron chi connectivity index (χ3n) is 7.59. The van der Waals surface area contributed by atoms with E-state index < -0.39 is 0 Å². The molecule has 1 saturated carbocycles. The number of hydrogen-bond acceptors (Lipinski definition) is 5. The van der Waals surface area contributed by atoms with E-state index in [9.17, 15) is 14.4 Å². The fourth-order valence-corrected chi connectivity index (χ4v) is 5.40. The first-order chi connectivity index (χ1) is 18.0. The molecule has 0 radical (unpaired) electrons. The van der Waals surface area contributed by atoms with Gasteiger partial charge in [0.1, 0.15) is 0 Å². The van der Waals surface area contributed by atoms with E-state index >= 15 is 0 Å². The highest BCUT2D eigenvalue weighted by atomic mass is 35.5. The maximum atomic E-state index is 13.2. The van der Waals surface area contributed by atoms with Gasteiger partial charge in [-0.1, -0.05) is 24.1 Å². The topological polar surface area (TPSA) is 85.0 Å². The summed E-state index contributed by atoms with van der Waals surface area (Å²) in [5, 5.41) is 6.79. The van der Waals surface area contributed by atoms with E-state index in [1.54, 1.807) is 30.3 Å². The highest BCUT2D eigenvalue weighted by molar-refractivity contribution is 6.31. The van der Waals surface area contributed by atoms with Crippen LogP contribution in [0.3, 0.4) is 0 Å². The molecule has 2 saturated heterocycles. The standard InChI is InChI=1S/C28H34ClN5O3/c29-23-7-2-6-21(18-23)26(35)31-24-19-22(28(37)34-14-10-30-11-15-34)8-9-25(24)32-12-3-13-33(17-16-32)27(36)20-4-1-5-20/h2,6-9,18-20,30H,1,3-5,10-17H2,(H,31,35). The number of carbonyl (C=O) groups excluding carboxylic acids is 3. The van der Waals surface area contributed by atoms with E-state index in [2.05, 4.69) is 15.5 Å². The van der Waals surface area contributed by atoms with Crippen LogP contribution in [0, 0.1) is 5.92 Å². The van der Waals surface area contributed by atoms with Crippen molar-refractivity contribution in [1.82, 2.24) is 15.1 Å². The molecule has 2 aromatic carbocycles. The van der Waals surface area contributed by atoms with Gasteiger partial charge in [0, 0.05) is 74.4 Å². The molecular formula is C28H34ClN5O3. The number of benzene rings is 2. The molecule has 3 aliphatic rings. The fraction of sp³-hybridized carbons (Fsp3) is 0.464. The molecule has 8 nitrogen and oxygen atoms in total. The number of amides is 3. The van der Waals surface area contributed by atoms with Crippen LogP contribution in [0.2, 0.25) is 5.02 Å². The summed E-state index contributed by atoms with van der Waals surface area (Å²) in [6, 6.07) is 12.4. The van der Waals surface area contributed by atoms with Crippen LogP contribution in [-0.2, 0) is 4.79 Å². The average molecular weight is 524 g/mol. The molecule has 5 rings (SSSR count). The third kappa shape index (κ3) is 5.91. The van der Waals surface area contributed by atoms with E-state index in [1.165, 1.54) is 0 Å². The minimum atomic E-state index is -0.285. The van der Waals surface area contributed by atoms with Crippen molar-refractivity contribution in [3.63, 3.8) is 0 Å². The van der Waals surface area contributed by atoms with Crippen molar-refractivity contribution in [1.29, 1.82) is 0 Å². The lowest BCUT2D eigenvalue weighted by Crippen LogP contribution is -2.46. The zero-order valence-electron chi connectivity index (χ0n) is 21.0. The van der Waals surface area contributed by atoms with Gasteiger partial charge in [-0.3, -0.25) is 14.4 Å². The Labute approximate surface area is 222 Å². The first kappa shape index (κ1) is 25.5. The van der Waals surface area contributed by atoms with Gasteiger partial charge in [-0.2, -0.15) is 0 Å². The maximum absolute atomic E-state index is 13.2. The molecule has 0 unspecified atom stereocenters. The SMILES string of the molecule is O=C(Nc1cc(C(=O)N2CCNCC2)ccc1N1CCCN(C(=O)C2CCC2)CC1)c1cccc(Cl)c1. The van der Waals surface area contributed by atoms with Crippen LogP contribution in [0.25, 0.3) is 0 Å². The Hall–Kier alpha value is -3.10. The molecule has 2 heterocycles. The zero-order chi connectivity index (χ0) is 25.8. The molecule has 37 heavy (non-hydrogen) atoms. The molecule has 3 amide bonds. The van der Waals surface area contributed by atoms with Crippen molar-refractivity contribution in [2.24, 2.45) is 5.92 Å². The Bertz CT molecular complexity index is 1160. The maximum Gasteiger partial charge on any atom is 0.255 e. The molecule has 2 aromatic rings. The normalized spacial score (nSPS) is 18.7.